The van der Waals surface area contributed by atoms with Gasteiger partial charge in [0.25, 0.3) is 0 Å². The largest absolute Gasteiger partial charge is 0.374 e. The van der Waals surface area contributed by atoms with Crippen molar-refractivity contribution in [3.63, 3.8) is 0 Å². The van der Waals surface area contributed by atoms with Gasteiger partial charge in [-0.25, -0.2) is 0 Å². The Balaban J connectivity index is 1.92. The van der Waals surface area contributed by atoms with Gasteiger partial charge < -0.3 is 10.5 Å². The molecule has 5 heteroatoms. The van der Waals surface area contributed by atoms with E-state index in [1.165, 1.54) is 0 Å². The summed E-state index contributed by atoms with van der Waals surface area (Å²) in [5, 5.41) is 0. The van der Waals surface area contributed by atoms with E-state index >= 15 is 0 Å². The number of hydrogen-bond acceptors (Lipinski definition) is 4. The molecule has 1 saturated heterocycles. The molecule has 1 aliphatic heterocycles. The monoisotopic (exact) mass is 327 g/mol. The lowest BCUT2D eigenvalue weighted by Gasteiger charge is -2.37. The quantitative estimate of drug-likeness (QED) is 0.916. The highest BCUT2D eigenvalue weighted by molar-refractivity contribution is 9.10. The van der Waals surface area contributed by atoms with Crippen LogP contribution in [0.3, 0.4) is 0 Å². The summed E-state index contributed by atoms with van der Waals surface area (Å²) in [5.74, 6) is 0. The van der Waals surface area contributed by atoms with Gasteiger partial charge in [-0.15, -0.1) is 0 Å². The number of ether oxygens (including phenoxy) is 1. The second-order valence-electron chi connectivity index (χ2n) is 5.33. The maximum atomic E-state index is 6.28. The van der Waals surface area contributed by atoms with Gasteiger partial charge in [-0.1, -0.05) is 0 Å². The Morgan fingerprint density at radius 2 is 2.32 bits per heavy atom. The standard InChI is InChI=1S/C14H22BrN3O/c1-10(2)18-5-6-19-14(9-18)13(16)7-12-4-3-11(15)8-17-12/h3-4,8,10,13-14H,5-7,9,16H2,1-2H3. The van der Waals surface area contributed by atoms with Crippen molar-refractivity contribution >= 4 is 15.9 Å². The van der Waals surface area contributed by atoms with Gasteiger partial charge in [0.15, 0.2) is 0 Å². The molecule has 19 heavy (non-hydrogen) atoms. The van der Waals surface area contributed by atoms with E-state index < -0.39 is 0 Å². The summed E-state index contributed by atoms with van der Waals surface area (Å²) >= 11 is 3.39. The van der Waals surface area contributed by atoms with Crippen LogP contribution in [-0.4, -0.2) is 47.8 Å². The Bertz CT molecular complexity index is 396. The first kappa shape index (κ1) is 14.9. The molecule has 2 atom stereocenters. The van der Waals surface area contributed by atoms with Gasteiger partial charge in [0.1, 0.15) is 0 Å². The predicted octanol–water partition coefficient (Wildman–Crippen LogP) is 1.82. The molecule has 4 nitrogen and oxygen atoms in total. The topological polar surface area (TPSA) is 51.4 Å². The number of rotatable bonds is 4. The van der Waals surface area contributed by atoms with Gasteiger partial charge in [0.05, 0.1) is 12.7 Å². The molecule has 1 aliphatic rings. The van der Waals surface area contributed by atoms with Crippen molar-refractivity contribution in [1.82, 2.24) is 9.88 Å². The van der Waals surface area contributed by atoms with Crippen molar-refractivity contribution < 1.29 is 4.74 Å². The molecule has 0 bridgehead atoms. The summed E-state index contributed by atoms with van der Waals surface area (Å²) in [6.07, 6.45) is 2.66. The van der Waals surface area contributed by atoms with Crippen molar-refractivity contribution in [2.24, 2.45) is 5.73 Å². The molecule has 0 amide bonds. The average molecular weight is 328 g/mol. The molecule has 0 spiro atoms. The Morgan fingerprint density at radius 1 is 1.53 bits per heavy atom. The second-order valence-corrected chi connectivity index (χ2v) is 6.25. The zero-order chi connectivity index (χ0) is 13.8. The number of morpholine rings is 1. The number of aromatic nitrogens is 1. The summed E-state index contributed by atoms with van der Waals surface area (Å²) in [6.45, 7) is 7.10. The van der Waals surface area contributed by atoms with Gasteiger partial charge in [-0.05, 0) is 41.9 Å². The van der Waals surface area contributed by atoms with E-state index in [4.69, 9.17) is 10.5 Å². The number of nitrogens with two attached hydrogens (primary N) is 1. The molecule has 0 aliphatic carbocycles. The molecule has 0 aromatic carbocycles. The van der Waals surface area contributed by atoms with Crippen LogP contribution in [0.2, 0.25) is 0 Å². The van der Waals surface area contributed by atoms with Crippen molar-refractivity contribution in [2.45, 2.75) is 38.5 Å². The van der Waals surface area contributed by atoms with Crippen molar-refractivity contribution in [2.75, 3.05) is 19.7 Å². The van der Waals surface area contributed by atoms with Gasteiger partial charge in [-0.2, -0.15) is 0 Å². The van der Waals surface area contributed by atoms with E-state index in [0.29, 0.717) is 6.04 Å². The van der Waals surface area contributed by atoms with Crippen LogP contribution in [0.25, 0.3) is 0 Å². The van der Waals surface area contributed by atoms with Crippen LogP contribution in [0, 0.1) is 0 Å². The Kier molecular flexibility index (Phi) is 5.33. The first-order valence-corrected chi connectivity index (χ1v) is 7.57. The third kappa shape index (κ3) is 4.24. The summed E-state index contributed by atoms with van der Waals surface area (Å²) in [7, 11) is 0. The van der Waals surface area contributed by atoms with Crippen molar-refractivity contribution in [3.05, 3.63) is 28.5 Å². The third-order valence-corrected chi connectivity index (χ3v) is 4.04. The number of pyridine rings is 1. The zero-order valence-corrected chi connectivity index (χ0v) is 13.1. The highest BCUT2D eigenvalue weighted by atomic mass is 79.9. The fraction of sp³-hybridized carbons (Fsp3) is 0.643. The van der Waals surface area contributed by atoms with Crippen molar-refractivity contribution in [1.29, 1.82) is 0 Å². The van der Waals surface area contributed by atoms with Crippen LogP contribution >= 0.6 is 15.9 Å². The summed E-state index contributed by atoms with van der Waals surface area (Å²) in [5.41, 5.74) is 7.29. The average Bonchev–Trinajstić information content (AvgIpc) is 2.41. The number of halogens is 1. The summed E-state index contributed by atoms with van der Waals surface area (Å²) in [6, 6.07) is 4.55. The van der Waals surface area contributed by atoms with Crippen molar-refractivity contribution in [3.8, 4) is 0 Å². The Hall–Kier alpha value is -0.490. The highest BCUT2D eigenvalue weighted by Crippen LogP contribution is 2.14. The lowest BCUT2D eigenvalue weighted by atomic mass is 10.0. The maximum Gasteiger partial charge on any atom is 0.0857 e. The molecule has 1 fully saturated rings. The first-order valence-electron chi connectivity index (χ1n) is 6.78. The van der Waals surface area contributed by atoms with Crippen LogP contribution in [0.1, 0.15) is 19.5 Å². The number of nitrogens with zero attached hydrogens (tertiary/aromatic N) is 2. The van der Waals surface area contributed by atoms with Gasteiger partial charge >= 0.3 is 0 Å². The van der Waals surface area contributed by atoms with Crippen LogP contribution in [0.15, 0.2) is 22.8 Å². The molecule has 2 rings (SSSR count). The van der Waals surface area contributed by atoms with Gasteiger partial charge in [0, 0.05) is 48.0 Å². The fourth-order valence-electron chi connectivity index (χ4n) is 2.32. The van der Waals surface area contributed by atoms with E-state index in [2.05, 4.69) is 39.7 Å². The molecule has 2 heterocycles. The van der Waals surface area contributed by atoms with E-state index in [1.807, 2.05) is 18.3 Å². The third-order valence-electron chi connectivity index (χ3n) is 3.57. The fourth-order valence-corrected chi connectivity index (χ4v) is 2.56. The molecular formula is C14H22BrN3O. The summed E-state index contributed by atoms with van der Waals surface area (Å²) in [4.78, 5) is 6.79. The van der Waals surface area contributed by atoms with E-state index in [1.54, 1.807) is 0 Å². The van der Waals surface area contributed by atoms with Crippen LogP contribution in [0.4, 0.5) is 0 Å². The van der Waals surface area contributed by atoms with E-state index in [9.17, 15) is 0 Å². The Morgan fingerprint density at radius 3 is 2.95 bits per heavy atom. The molecule has 1 aromatic heterocycles. The SMILES string of the molecule is CC(C)N1CCOC(C(N)Cc2ccc(Br)cn2)C1. The molecule has 106 valence electrons. The first-order chi connectivity index (χ1) is 9.06. The molecule has 0 radical (unpaired) electrons. The van der Waals surface area contributed by atoms with Crippen LogP contribution in [-0.2, 0) is 11.2 Å². The minimum atomic E-state index is -0.00442. The van der Waals surface area contributed by atoms with Crippen LogP contribution < -0.4 is 5.73 Å². The molecule has 1 aromatic rings. The van der Waals surface area contributed by atoms with Gasteiger partial charge in [-0.3, -0.25) is 9.88 Å². The molecule has 2 unspecified atom stereocenters. The Labute approximate surface area is 123 Å². The highest BCUT2D eigenvalue weighted by Gasteiger charge is 2.27. The lowest BCUT2D eigenvalue weighted by Crippen LogP contribution is -2.53. The van der Waals surface area contributed by atoms with Crippen LogP contribution in [0.5, 0.6) is 0 Å². The molecule has 0 saturated carbocycles. The van der Waals surface area contributed by atoms with E-state index in [-0.39, 0.29) is 12.1 Å². The lowest BCUT2D eigenvalue weighted by molar-refractivity contribution is -0.0496. The summed E-state index contributed by atoms with van der Waals surface area (Å²) < 4.78 is 6.80. The molecular weight excluding hydrogens is 306 g/mol. The van der Waals surface area contributed by atoms with E-state index in [0.717, 1.165) is 36.3 Å². The smallest absolute Gasteiger partial charge is 0.0857 e. The predicted molar refractivity (Wildman–Crippen MR) is 80.1 cm³/mol. The molecule has 2 N–H and O–H groups in total. The minimum absolute atomic E-state index is 0.00442. The van der Waals surface area contributed by atoms with Gasteiger partial charge in [0.2, 0.25) is 0 Å². The second kappa shape index (κ2) is 6.79. The normalized spacial score (nSPS) is 22.7. The minimum Gasteiger partial charge on any atom is -0.374 e. The zero-order valence-electron chi connectivity index (χ0n) is 11.6. The maximum absolute atomic E-state index is 6.28. The number of hydrogen-bond donors (Lipinski definition) is 1.